The Morgan fingerprint density at radius 2 is 1.74 bits per heavy atom. The van der Waals surface area contributed by atoms with Crippen molar-refractivity contribution in [3.63, 3.8) is 0 Å². The van der Waals surface area contributed by atoms with Gasteiger partial charge >= 0.3 is 0 Å². The fourth-order valence-electron chi connectivity index (χ4n) is 2.52. The molecule has 1 aromatic carbocycles. The summed E-state index contributed by atoms with van der Waals surface area (Å²) in [6.45, 7) is 0. The molecule has 4 rings (SSSR count). The molecule has 4 aromatic rings. The van der Waals surface area contributed by atoms with Gasteiger partial charge in [-0.25, -0.2) is 14.5 Å². The second kappa shape index (κ2) is 5.46. The van der Waals surface area contributed by atoms with Gasteiger partial charge < -0.3 is 0 Å². The predicted molar refractivity (Wildman–Crippen MR) is 88.4 cm³/mol. The van der Waals surface area contributed by atoms with Crippen molar-refractivity contribution >= 4 is 10.9 Å². The molecule has 0 N–H and O–H groups in total. The summed E-state index contributed by atoms with van der Waals surface area (Å²) < 4.78 is 1.53. The average Bonchev–Trinajstić information content (AvgIpc) is 2.63. The van der Waals surface area contributed by atoms with E-state index in [0.717, 1.165) is 5.56 Å². The Hall–Kier alpha value is -3.34. The second-order valence-corrected chi connectivity index (χ2v) is 5.02. The monoisotopic (exact) mass is 300 g/mol. The Morgan fingerprint density at radius 1 is 0.870 bits per heavy atom. The minimum Gasteiger partial charge on any atom is -0.268 e. The first-order valence-electron chi connectivity index (χ1n) is 7.18. The van der Waals surface area contributed by atoms with Gasteiger partial charge in [0.15, 0.2) is 5.82 Å². The Morgan fingerprint density at radius 3 is 2.52 bits per heavy atom. The topological polar surface area (TPSA) is 60.7 Å². The van der Waals surface area contributed by atoms with Crippen LogP contribution in [0.1, 0.15) is 0 Å². The van der Waals surface area contributed by atoms with Crippen LogP contribution in [0.15, 0.2) is 78.0 Å². The van der Waals surface area contributed by atoms with Gasteiger partial charge in [0.05, 0.1) is 10.9 Å². The third kappa shape index (κ3) is 2.28. The molecule has 5 nitrogen and oxygen atoms in total. The zero-order chi connectivity index (χ0) is 15.6. The van der Waals surface area contributed by atoms with E-state index in [0.29, 0.717) is 22.5 Å². The Labute approximate surface area is 131 Å². The fourth-order valence-corrected chi connectivity index (χ4v) is 2.52. The first kappa shape index (κ1) is 13.3. The van der Waals surface area contributed by atoms with Crippen molar-refractivity contribution in [1.29, 1.82) is 0 Å². The molecule has 0 saturated heterocycles. The van der Waals surface area contributed by atoms with E-state index in [4.69, 9.17) is 0 Å². The maximum absolute atomic E-state index is 13.0. The lowest BCUT2D eigenvalue weighted by molar-refractivity contribution is 0.930. The van der Waals surface area contributed by atoms with Crippen LogP contribution >= 0.6 is 0 Å². The number of nitrogens with zero attached hydrogens (tertiary/aromatic N) is 4. The molecule has 0 aliphatic heterocycles. The van der Waals surface area contributed by atoms with Gasteiger partial charge in [-0.2, -0.15) is 0 Å². The van der Waals surface area contributed by atoms with E-state index < -0.39 is 0 Å². The van der Waals surface area contributed by atoms with E-state index in [-0.39, 0.29) is 5.56 Å². The van der Waals surface area contributed by atoms with Gasteiger partial charge in [0.25, 0.3) is 5.56 Å². The standard InChI is InChI=1S/C18H12N4O/c23-18-14-7-1-2-8-15(14)21-17(13-6-5-10-19-12-13)22(18)16-9-3-4-11-20-16/h1-12H. The lowest BCUT2D eigenvalue weighted by Gasteiger charge is -2.12. The van der Waals surface area contributed by atoms with Gasteiger partial charge in [-0.1, -0.05) is 18.2 Å². The van der Waals surface area contributed by atoms with E-state index in [1.807, 2.05) is 42.5 Å². The summed E-state index contributed by atoms with van der Waals surface area (Å²) >= 11 is 0. The summed E-state index contributed by atoms with van der Waals surface area (Å²) in [5.74, 6) is 1.06. The molecular formula is C18H12N4O. The minimum absolute atomic E-state index is 0.145. The molecule has 110 valence electrons. The molecule has 0 unspecified atom stereocenters. The maximum Gasteiger partial charge on any atom is 0.267 e. The van der Waals surface area contributed by atoms with E-state index in [1.165, 1.54) is 4.57 Å². The molecule has 0 aliphatic carbocycles. The van der Waals surface area contributed by atoms with Gasteiger partial charge in [-0.15, -0.1) is 0 Å². The molecule has 0 radical (unpaired) electrons. The van der Waals surface area contributed by atoms with Crippen LogP contribution in [-0.2, 0) is 0 Å². The van der Waals surface area contributed by atoms with Crippen molar-refractivity contribution in [2.75, 3.05) is 0 Å². The van der Waals surface area contributed by atoms with Crippen molar-refractivity contribution in [1.82, 2.24) is 19.5 Å². The first-order chi connectivity index (χ1) is 11.3. The van der Waals surface area contributed by atoms with Crippen molar-refractivity contribution in [3.8, 4) is 17.2 Å². The number of aromatic nitrogens is 4. The molecular weight excluding hydrogens is 288 g/mol. The van der Waals surface area contributed by atoms with Gasteiger partial charge in [0, 0.05) is 24.2 Å². The van der Waals surface area contributed by atoms with Gasteiger partial charge in [-0.3, -0.25) is 9.78 Å². The Kier molecular flexibility index (Phi) is 3.16. The fraction of sp³-hybridized carbons (Fsp3) is 0. The predicted octanol–water partition coefficient (Wildman–Crippen LogP) is 2.84. The number of hydrogen-bond acceptors (Lipinski definition) is 4. The molecule has 5 heteroatoms. The molecule has 0 spiro atoms. The molecule has 0 bridgehead atoms. The second-order valence-electron chi connectivity index (χ2n) is 5.02. The van der Waals surface area contributed by atoms with Crippen molar-refractivity contribution < 1.29 is 0 Å². The molecule has 0 fully saturated rings. The van der Waals surface area contributed by atoms with Crippen LogP contribution in [0.2, 0.25) is 0 Å². The summed E-state index contributed by atoms with van der Waals surface area (Å²) in [5.41, 5.74) is 1.28. The van der Waals surface area contributed by atoms with E-state index in [1.54, 1.807) is 30.7 Å². The van der Waals surface area contributed by atoms with E-state index >= 15 is 0 Å². The number of hydrogen-bond donors (Lipinski definition) is 0. The Balaban J connectivity index is 2.14. The van der Waals surface area contributed by atoms with E-state index in [2.05, 4.69) is 15.0 Å². The smallest absolute Gasteiger partial charge is 0.267 e. The van der Waals surface area contributed by atoms with Crippen LogP contribution in [0.5, 0.6) is 0 Å². The van der Waals surface area contributed by atoms with Gasteiger partial charge in [0.1, 0.15) is 5.82 Å². The number of pyridine rings is 2. The van der Waals surface area contributed by atoms with Crippen LogP contribution in [-0.4, -0.2) is 19.5 Å². The largest absolute Gasteiger partial charge is 0.268 e. The van der Waals surface area contributed by atoms with Gasteiger partial charge in [0.2, 0.25) is 0 Å². The minimum atomic E-state index is -0.145. The van der Waals surface area contributed by atoms with Crippen LogP contribution in [0.25, 0.3) is 28.1 Å². The van der Waals surface area contributed by atoms with Crippen molar-refractivity contribution in [3.05, 3.63) is 83.5 Å². The maximum atomic E-state index is 13.0. The van der Waals surface area contributed by atoms with Crippen molar-refractivity contribution in [2.24, 2.45) is 0 Å². The third-order valence-corrected chi connectivity index (χ3v) is 3.57. The highest BCUT2D eigenvalue weighted by molar-refractivity contribution is 5.80. The average molecular weight is 300 g/mol. The van der Waals surface area contributed by atoms with Crippen LogP contribution < -0.4 is 5.56 Å². The lowest BCUT2D eigenvalue weighted by Crippen LogP contribution is -2.22. The molecule has 23 heavy (non-hydrogen) atoms. The highest BCUT2D eigenvalue weighted by Crippen LogP contribution is 2.20. The molecule has 0 saturated carbocycles. The normalized spacial score (nSPS) is 10.8. The third-order valence-electron chi connectivity index (χ3n) is 3.57. The quantitative estimate of drug-likeness (QED) is 0.571. The summed E-state index contributed by atoms with van der Waals surface area (Å²) in [6.07, 6.45) is 5.04. The molecule has 3 heterocycles. The first-order valence-corrected chi connectivity index (χ1v) is 7.18. The summed E-state index contributed by atoms with van der Waals surface area (Å²) in [6, 6.07) is 16.4. The zero-order valence-corrected chi connectivity index (χ0v) is 12.1. The number of fused-ring (bicyclic) bond motifs is 1. The zero-order valence-electron chi connectivity index (χ0n) is 12.1. The van der Waals surface area contributed by atoms with Gasteiger partial charge in [-0.05, 0) is 36.4 Å². The van der Waals surface area contributed by atoms with Crippen molar-refractivity contribution in [2.45, 2.75) is 0 Å². The number of rotatable bonds is 2. The SMILES string of the molecule is O=c1c2ccccc2nc(-c2cccnc2)n1-c1ccccn1. The number of benzene rings is 1. The lowest BCUT2D eigenvalue weighted by atomic mass is 10.2. The molecule has 0 atom stereocenters. The van der Waals surface area contributed by atoms with Crippen LogP contribution in [0, 0.1) is 0 Å². The highest BCUT2D eigenvalue weighted by atomic mass is 16.1. The van der Waals surface area contributed by atoms with E-state index in [9.17, 15) is 4.79 Å². The van der Waals surface area contributed by atoms with Crippen LogP contribution in [0.4, 0.5) is 0 Å². The summed E-state index contributed by atoms with van der Waals surface area (Å²) in [4.78, 5) is 26.1. The van der Waals surface area contributed by atoms with Crippen LogP contribution in [0.3, 0.4) is 0 Å². The number of para-hydroxylation sites is 1. The molecule has 3 aromatic heterocycles. The molecule has 0 amide bonds. The highest BCUT2D eigenvalue weighted by Gasteiger charge is 2.14. The summed E-state index contributed by atoms with van der Waals surface area (Å²) in [7, 11) is 0. The molecule has 0 aliphatic rings. The summed E-state index contributed by atoms with van der Waals surface area (Å²) in [5, 5.41) is 0.561. The Bertz CT molecular complexity index is 1030.